The van der Waals surface area contributed by atoms with Gasteiger partial charge in [-0.05, 0) is 25.8 Å². The maximum Gasteiger partial charge on any atom is 0.314 e. The second-order valence-corrected chi connectivity index (χ2v) is 5.30. The Morgan fingerprint density at radius 1 is 1.47 bits per heavy atom. The van der Waals surface area contributed by atoms with E-state index < -0.39 is 0 Å². The predicted molar refractivity (Wildman–Crippen MR) is 62.1 cm³/mol. The lowest BCUT2D eigenvalue weighted by molar-refractivity contribution is -0.143. The van der Waals surface area contributed by atoms with Crippen LogP contribution in [0, 0.1) is 11.3 Å². The van der Waals surface area contributed by atoms with E-state index in [1.807, 2.05) is 13.0 Å². The summed E-state index contributed by atoms with van der Waals surface area (Å²) >= 11 is 0. The number of hydrogen-bond acceptors (Lipinski definition) is 3. The van der Waals surface area contributed by atoms with Crippen molar-refractivity contribution in [2.45, 2.75) is 32.8 Å². The highest BCUT2D eigenvalue weighted by Gasteiger charge is 2.56. The Morgan fingerprint density at radius 3 is 3.00 bits per heavy atom. The van der Waals surface area contributed by atoms with Gasteiger partial charge in [-0.3, -0.25) is 4.79 Å². The van der Waals surface area contributed by atoms with Crippen LogP contribution in [0.3, 0.4) is 0 Å². The Hall–Kier alpha value is -1.51. The number of furan rings is 1. The fraction of sp³-hybridized carbons (Fsp3) is 0.500. The topological polar surface area (TPSA) is 39.4 Å². The van der Waals surface area contributed by atoms with Crippen LogP contribution in [0.15, 0.2) is 34.7 Å². The standard InChI is InChI=1S/C14H16O3/c1-9-4-3-6-14(2)11(9)13(15)17-12(14)10-5-7-16-8-10/h4-5,7-8,11-12H,3,6H2,1-2H3/t11-,12-,14+/m0/s1. The quantitative estimate of drug-likeness (QED) is 0.551. The number of esters is 1. The minimum absolute atomic E-state index is 0.0869. The first-order chi connectivity index (χ1) is 8.13. The first kappa shape index (κ1) is 10.6. The highest BCUT2D eigenvalue weighted by Crippen LogP contribution is 2.56. The lowest BCUT2D eigenvalue weighted by Gasteiger charge is -2.35. The molecule has 3 rings (SSSR count). The first-order valence-electron chi connectivity index (χ1n) is 6.02. The molecule has 0 unspecified atom stereocenters. The molecule has 17 heavy (non-hydrogen) atoms. The molecular weight excluding hydrogens is 216 g/mol. The normalized spacial score (nSPS) is 36.4. The number of hydrogen-bond donors (Lipinski definition) is 0. The van der Waals surface area contributed by atoms with Crippen molar-refractivity contribution in [3.63, 3.8) is 0 Å². The summed E-state index contributed by atoms with van der Waals surface area (Å²) in [6.45, 7) is 4.18. The molecule has 3 heteroatoms. The summed E-state index contributed by atoms with van der Waals surface area (Å²) in [6, 6.07) is 1.89. The van der Waals surface area contributed by atoms with E-state index in [9.17, 15) is 4.79 Å². The van der Waals surface area contributed by atoms with Crippen LogP contribution in [0.5, 0.6) is 0 Å². The van der Waals surface area contributed by atoms with Crippen LogP contribution >= 0.6 is 0 Å². The number of cyclic esters (lactones) is 1. The van der Waals surface area contributed by atoms with Crippen LogP contribution in [0.2, 0.25) is 0 Å². The summed E-state index contributed by atoms with van der Waals surface area (Å²) in [6.07, 6.45) is 7.30. The Labute approximate surface area is 100 Å². The van der Waals surface area contributed by atoms with Gasteiger partial charge < -0.3 is 9.15 Å². The molecule has 2 heterocycles. The van der Waals surface area contributed by atoms with Crippen molar-refractivity contribution in [2.24, 2.45) is 11.3 Å². The molecule has 1 aromatic rings. The van der Waals surface area contributed by atoms with E-state index in [1.54, 1.807) is 12.5 Å². The Morgan fingerprint density at radius 2 is 2.29 bits per heavy atom. The Balaban J connectivity index is 2.05. The summed E-state index contributed by atoms with van der Waals surface area (Å²) in [5.74, 6) is -0.177. The van der Waals surface area contributed by atoms with Crippen LogP contribution < -0.4 is 0 Å². The van der Waals surface area contributed by atoms with E-state index in [0.29, 0.717) is 0 Å². The Kier molecular flexibility index (Phi) is 2.18. The molecule has 1 fully saturated rings. The number of allylic oxidation sites excluding steroid dienone is 1. The third-order valence-electron chi connectivity index (χ3n) is 4.18. The van der Waals surface area contributed by atoms with Crippen molar-refractivity contribution in [3.8, 4) is 0 Å². The van der Waals surface area contributed by atoms with Gasteiger partial charge in [-0.15, -0.1) is 0 Å². The third-order valence-corrected chi connectivity index (χ3v) is 4.18. The summed E-state index contributed by atoms with van der Waals surface area (Å²) in [5.41, 5.74) is 1.99. The summed E-state index contributed by atoms with van der Waals surface area (Å²) in [7, 11) is 0. The molecule has 3 atom stereocenters. The number of carbonyl (C=O) groups excluding carboxylic acids is 1. The second kappa shape index (κ2) is 3.49. The van der Waals surface area contributed by atoms with E-state index in [-0.39, 0.29) is 23.4 Å². The molecule has 0 aromatic carbocycles. The summed E-state index contributed by atoms with van der Waals surface area (Å²) in [5, 5.41) is 0. The van der Waals surface area contributed by atoms with Gasteiger partial charge in [0.05, 0.1) is 18.4 Å². The van der Waals surface area contributed by atoms with Crippen molar-refractivity contribution in [3.05, 3.63) is 35.8 Å². The zero-order valence-electron chi connectivity index (χ0n) is 10.1. The maximum absolute atomic E-state index is 12.0. The van der Waals surface area contributed by atoms with Gasteiger partial charge in [-0.25, -0.2) is 0 Å². The van der Waals surface area contributed by atoms with Crippen molar-refractivity contribution >= 4 is 5.97 Å². The maximum atomic E-state index is 12.0. The molecule has 1 aliphatic carbocycles. The average molecular weight is 232 g/mol. The zero-order valence-corrected chi connectivity index (χ0v) is 10.1. The van der Waals surface area contributed by atoms with E-state index in [2.05, 4.69) is 13.0 Å². The number of fused-ring (bicyclic) bond motifs is 1. The number of ether oxygens (including phenoxy) is 1. The smallest absolute Gasteiger partial charge is 0.314 e. The van der Waals surface area contributed by atoms with Crippen LogP contribution in [0.4, 0.5) is 0 Å². The molecule has 1 aromatic heterocycles. The van der Waals surface area contributed by atoms with Crippen molar-refractivity contribution in [1.82, 2.24) is 0 Å². The monoisotopic (exact) mass is 232 g/mol. The highest BCUT2D eigenvalue weighted by molar-refractivity contribution is 5.80. The van der Waals surface area contributed by atoms with Crippen molar-refractivity contribution in [2.75, 3.05) is 0 Å². The largest absolute Gasteiger partial charge is 0.472 e. The van der Waals surface area contributed by atoms with Gasteiger partial charge in [-0.2, -0.15) is 0 Å². The molecule has 1 saturated heterocycles. The van der Waals surface area contributed by atoms with E-state index >= 15 is 0 Å². The van der Waals surface area contributed by atoms with Crippen molar-refractivity contribution in [1.29, 1.82) is 0 Å². The van der Waals surface area contributed by atoms with Gasteiger partial charge in [0.1, 0.15) is 6.10 Å². The molecule has 0 N–H and O–H groups in total. The molecule has 90 valence electrons. The van der Waals surface area contributed by atoms with Gasteiger partial charge in [-0.1, -0.05) is 18.6 Å². The molecule has 0 amide bonds. The SMILES string of the molecule is CC1=CCC[C@]2(C)[C@@H]1C(=O)O[C@H]2c1ccoc1. The lowest BCUT2D eigenvalue weighted by atomic mass is 9.65. The van der Waals surface area contributed by atoms with Gasteiger partial charge in [0.15, 0.2) is 0 Å². The van der Waals surface area contributed by atoms with Crippen LogP contribution in [-0.2, 0) is 9.53 Å². The minimum atomic E-state index is -0.164. The fourth-order valence-electron chi connectivity index (χ4n) is 3.32. The highest BCUT2D eigenvalue weighted by atomic mass is 16.6. The van der Waals surface area contributed by atoms with Crippen LogP contribution in [0.1, 0.15) is 38.4 Å². The van der Waals surface area contributed by atoms with E-state index in [4.69, 9.17) is 9.15 Å². The third kappa shape index (κ3) is 1.38. The number of carbonyl (C=O) groups is 1. The molecule has 0 saturated carbocycles. The average Bonchev–Trinajstić information content (AvgIpc) is 2.85. The summed E-state index contributed by atoms with van der Waals surface area (Å²) < 4.78 is 10.7. The molecule has 0 spiro atoms. The Bertz CT molecular complexity index is 472. The molecule has 0 radical (unpaired) electrons. The van der Waals surface area contributed by atoms with Crippen LogP contribution in [0.25, 0.3) is 0 Å². The van der Waals surface area contributed by atoms with Gasteiger partial charge in [0, 0.05) is 11.0 Å². The molecule has 2 aliphatic rings. The number of rotatable bonds is 1. The predicted octanol–water partition coefficient (Wildman–Crippen LogP) is 3.24. The van der Waals surface area contributed by atoms with Gasteiger partial charge in [0.25, 0.3) is 0 Å². The molecule has 0 bridgehead atoms. The van der Waals surface area contributed by atoms with E-state index in [1.165, 1.54) is 0 Å². The molecule has 3 nitrogen and oxygen atoms in total. The van der Waals surface area contributed by atoms with Crippen molar-refractivity contribution < 1.29 is 13.9 Å². The fourth-order valence-corrected chi connectivity index (χ4v) is 3.32. The van der Waals surface area contributed by atoms with Crippen LogP contribution in [-0.4, -0.2) is 5.97 Å². The molecule has 1 aliphatic heterocycles. The molecular formula is C14H16O3. The second-order valence-electron chi connectivity index (χ2n) is 5.30. The van der Waals surface area contributed by atoms with Gasteiger partial charge >= 0.3 is 5.97 Å². The summed E-state index contributed by atoms with van der Waals surface area (Å²) in [4.78, 5) is 12.0. The lowest BCUT2D eigenvalue weighted by Crippen LogP contribution is -2.32. The first-order valence-corrected chi connectivity index (χ1v) is 6.02. The zero-order chi connectivity index (χ0) is 12.0. The minimum Gasteiger partial charge on any atom is -0.472 e. The van der Waals surface area contributed by atoms with E-state index in [0.717, 1.165) is 24.0 Å². The van der Waals surface area contributed by atoms with Gasteiger partial charge in [0.2, 0.25) is 0 Å².